The van der Waals surface area contributed by atoms with Crippen LogP contribution in [0.25, 0.3) is 0 Å². The van der Waals surface area contributed by atoms with Crippen molar-refractivity contribution in [2.45, 2.75) is 105 Å². The summed E-state index contributed by atoms with van der Waals surface area (Å²) in [4.78, 5) is 0. The first-order valence-electron chi connectivity index (χ1n) is 12.0. The summed E-state index contributed by atoms with van der Waals surface area (Å²) < 4.78 is 1.17. The van der Waals surface area contributed by atoms with E-state index in [0.29, 0.717) is 0 Å². The molecule has 0 aromatic carbocycles. The summed E-state index contributed by atoms with van der Waals surface area (Å²) in [6, 6.07) is 0. The maximum Gasteiger partial charge on any atom is 0.0978 e. The average molecular weight is 377 g/mol. The van der Waals surface area contributed by atoms with Crippen molar-refractivity contribution >= 4 is 0 Å². The van der Waals surface area contributed by atoms with E-state index in [4.69, 9.17) is 0 Å². The molecular weight excluding hydrogens is 326 g/mol. The quantitative estimate of drug-likeness (QED) is 0.121. The van der Waals surface area contributed by atoms with Crippen molar-refractivity contribution in [2.24, 2.45) is 0 Å². The molecule has 0 radical (unpaired) electrons. The molecule has 158 valence electrons. The molecule has 0 fully saturated rings. The summed E-state index contributed by atoms with van der Waals surface area (Å²) in [6.45, 7) is 13.9. The van der Waals surface area contributed by atoms with Crippen LogP contribution in [0, 0.1) is 0 Å². The van der Waals surface area contributed by atoms with Gasteiger partial charge in [0.2, 0.25) is 0 Å². The fourth-order valence-electron chi connectivity index (χ4n) is 3.40. The molecule has 27 heavy (non-hydrogen) atoms. The van der Waals surface area contributed by atoms with Crippen LogP contribution in [0.15, 0.2) is 36.5 Å². The normalized spacial score (nSPS) is 12.9. The second-order valence-electron chi connectivity index (χ2n) is 8.11. The van der Waals surface area contributed by atoms with Gasteiger partial charge in [0.1, 0.15) is 0 Å². The Bertz CT molecular complexity index is 323. The highest BCUT2D eigenvalue weighted by Gasteiger charge is 2.20. The highest BCUT2D eigenvalue weighted by molar-refractivity contribution is 4.88. The Labute approximate surface area is 172 Å². The van der Waals surface area contributed by atoms with E-state index in [1.165, 1.54) is 108 Å². The molecule has 0 aromatic rings. The molecule has 0 aliphatic carbocycles. The van der Waals surface area contributed by atoms with Gasteiger partial charge < -0.3 is 4.48 Å². The summed E-state index contributed by atoms with van der Waals surface area (Å²) in [5.74, 6) is 0. The van der Waals surface area contributed by atoms with Crippen LogP contribution >= 0.6 is 0 Å². The van der Waals surface area contributed by atoms with Gasteiger partial charge in [-0.2, -0.15) is 0 Å². The maximum atomic E-state index is 2.45. The monoisotopic (exact) mass is 376 g/mol. The molecule has 1 heteroatoms. The Balaban J connectivity index is 4.61. The standard InChI is InChI=1S/C26H50N/c1-5-9-12-15-18-21-24-27(8-4,25-22-19-16-13-10-6-2)26-23-20-17-14-11-7-3/h18-23H,5-17,24-26H2,1-4H3/q+1/b21-18+,22-19+,23-20+. The number of rotatable bonds is 19. The van der Waals surface area contributed by atoms with Crippen LogP contribution in [-0.2, 0) is 0 Å². The van der Waals surface area contributed by atoms with Gasteiger partial charge in [-0.25, -0.2) is 0 Å². The third-order valence-electron chi connectivity index (χ3n) is 5.57. The van der Waals surface area contributed by atoms with Crippen LogP contribution in [0.3, 0.4) is 0 Å². The fraction of sp³-hybridized carbons (Fsp3) is 0.769. The van der Waals surface area contributed by atoms with Gasteiger partial charge in [-0.15, -0.1) is 0 Å². The molecule has 0 saturated heterocycles. The molecule has 0 spiro atoms. The van der Waals surface area contributed by atoms with E-state index < -0.39 is 0 Å². The largest absolute Gasteiger partial charge is 0.314 e. The average Bonchev–Trinajstić information content (AvgIpc) is 2.69. The van der Waals surface area contributed by atoms with Crippen molar-refractivity contribution in [1.29, 1.82) is 0 Å². The van der Waals surface area contributed by atoms with Gasteiger partial charge in [-0.05, 0) is 63.7 Å². The lowest BCUT2D eigenvalue weighted by molar-refractivity contribution is -0.910. The second-order valence-corrected chi connectivity index (χ2v) is 8.11. The van der Waals surface area contributed by atoms with Crippen LogP contribution < -0.4 is 0 Å². The van der Waals surface area contributed by atoms with Crippen molar-refractivity contribution in [3.63, 3.8) is 0 Å². The second kappa shape index (κ2) is 19.9. The number of quaternary nitrogens is 1. The number of hydrogen-bond acceptors (Lipinski definition) is 0. The van der Waals surface area contributed by atoms with Crippen LogP contribution in [0.1, 0.15) is 105 Å². The first kappa shape index (κ1) is 26.2. The number of hydrogen-bond donors (Lipinski definition) is 0. The zero-order valence-electron chi connectivity index (χ0n) is 19.2. The van der Waals surface area contributed by atoms with Crippen molar-refractivity contribution in [3.8, 4) is 0 Å². The summed E-state index contributed by atoms with van der Waals surface area (Å²) in [5.41, 5.74) is 0. The number of unbranched alkanes of at least 4 members (excludes halogenated alkanes) is 9. The lowest BCUT2D eigenvalue weighted by Gasteiger charge is -2.35. The van der Waals surface area contributed by atoms with Gasteiger partial charge in [0.25, 0.3) is 0 Å². The third kappa shape index (κ3) is 15.9. The molecular formula is C26H50N+. The molecule has 0 aliphatic heterocycles. The summed E-state index contributed by atoms with van der Waals surface area (Å²) >= 11 is 0. The molecule has 0 aromatic heterocycles. The molecule has 0 N–H and O–H groups in total. The summed E-state index contributed by atoms with van der Waals surface area (Å²) in [5, 5.41) is 0. The zero-order chi connectivity index (χ0) is 20.1. The van der Waals surface area contributed by atoms with Crippen LogP contribution in [0.5, 0.6) is 0 Å². The van der Waals surface area contributed by atoms with E-state index >= 15 is 0 Å². The van der Waals surface area contributed by atoms with E-state index in [2.05, 4.69) is 64.2 Å². The van der Waals surface area contributed by atoms with Crippen molar-refractivity contribution in [2.75, 3.05) is 26.2 Å². The van der Waals surface area contributed by atoms with Crippen molar-refractivity contribution < 1.29 is 4.48 Å². The Kier molecular flexibility index (Phi) is 19.3. The van der Waals surface area contributed by atoms with Crippen LogP contribution in [0.4, 0.5) is 0 Å². The van der Waals surface area contributed by atoms with Gasteiger partial charge in [-0.1, -0.05) is 77.5 Å². The van der Waals surface area contributed by atoms with Gasteiger partial charge in [0.15, 0.2) is 0 Å². The Morgan fingerprint density at radius 2 is 0.778 bits per heavy atom. The molecule has 0 aliphatic rings. The van der Waals surface area contributed by atoms with Gasteiger partial charge >= 0.3 is 0 Å². The van der Waals surface area contributed by atoms with Crippen molar-refractivity contribution in [3.05, 3.63) is 36.5 Å². The predicted octanol–water partition coefficient (Wildman–Crippen LogP) is 8.23. The SMILES string of the molecule is CCCCC/C=C/C[N+](CC)(C/C=C/CCCCC)C/C=C/CCCCC. The summed E-state index contributed by atoms with van der Waals surface area (Å²) in [7, 11) is 0. The maximum absolute atomic E-state index is 2.45. The first-order chi connectivity index (χ1) is 13.2. The van der Waals surface area contributed by atoms with E-state index in [1.807, 2.05) is 0 Å². The molecule has 0 unspecified atom stereocenters. The predicted molar refractivity (Wildman–Crippen MR) is 125 cm³/mol. The van der Waals surface area contributed by atoms with Gasteiger partial charge in [-0.3, -0.25) is 0 Å². The lowest BCUT2D eigenvalue weighted by Crippen LogP contribution is -2.48. The smallest absolute Gasteiger partial charge is 0.0978 e. The minimum atomic E-state index is 1.17. The Morgan fingerprint density at radius 3 is 1.04 bits per heavy atom. The van der Waals surface area contributed by atoms with Crippen LogP contribution in [0.2, 0.25) is 0 Å². The van der Waals surface area contributed by atoms with E-state index in [1.54, 1.807) is 0 Å². The molecule has 0 atom stereocenters. The molecule has 0 saturated carbocycles. The van der Waals surface area contributed by atoms with Gasteiger partial charge in [0.05, 0.1) is 26.2 Å². The van der Waals surface area contributed by atoms with Crippen molar-refractivity contribution in [1.82, 2.24) is 0 Å². The van der Waals surface area contributed by atoms with E-state index in [-0.39, 0.29) is 0 Å². The minimum Gasteiger partial charge on any atom is -0.314 e. The van der Waals surface area contributed by atoms with E-state index in [9.17, 15) is 0 Å². The third-order valence-corrected chi connectivity index (χ3v) is 5.57. The van der Waals surface area contributed by atoms with Crippen LogP contribution in [-0.4, -0.2) is 30.7 Å². The molecule has 0 heterocycles. The first-order valence-corrected chi connectivity index (χ1v) is 12.0. The topological polar surface area (TPSA) is 0 Å². The molecule has 0 rings (SSSR count). The Hall–Kier alpha value is -0.820. The number of nitrogens with zero attached hydrogens (tertiary/aromatic N) is 1. The number of likely N-dealkylation sites (N-methyl/N-ethyl adjacent to an activating group) is 1. The Morgan fingerprint density at radius 1 is 0.444 bits per heavy atom. The van der Waals surface area contributed by atoms with E-state index in [0.717, 1.165) is 0 Å². The fourth-order valence-corrected chi connectivity index (χ4v) is 3.40. The summed E-state index contributed by atoms with van der Waals surface area (Å²) in [6.07, 6.45) is 30.4. The minimum absolute atomic E-state index is 1.17. The molecule has 0 amide bonds. The number of allylic oxidation sites excluding steroid dienone is 3. The highest BCUT2D eigenvalue weighted by Crippen LogP contribution is 2.11. The van der Waals surface area contributed by atoms with Gasteiger partial charge in [0, 0.05) is 0 Å². The highest BCUT2D eigenvalue weighted by atomic mass is 15.3. The lowest BCUT2D eigenvalue weighted by atomic mass is 10.1. The zero-order valence-corrected chi connectivity index (χ0v) is 19.2. The molecule has 1 nitrogen and oxygen atoms in total. The molecule has 0 bridgehead atoms.